The number of nitrogens with zero attached hydrogens (tertiary/aromatic N) is 1. The van der Waals surface area contributed by atoms with E-state index in [2.05, 4.69) is 4.98 Å². The SMILES string of the molecule is NS(=O)(=O)c1ncc(C=O)cc1OC1CC1. The molecule has 1 saturated carbocycles. The minimum absolute atomic E-state index is 0.00389. The van der Waals surface area contributed by atoms with Crippen LogP contribution in [0.1, 0.15) is 23.2 Å². The summed E-state index contributed by atoms with van der Waals surface area (Å²) in [6, 6.07) is 1.33. The monoisotopic (exact) mass is 242 g/mol. The molecule has 0 spiro atoms. The third-order valence-electron chi connectivity index (χ3n) is 2.06. The summed E-state index contributed by atoms with van der Waals surface area (Å²) in [4.78, 5) is 14.2. The molecule has 0 unspecified atom stereocenters. The Labute approximate surface area is 92.5 Å². The molecule has 2 N–H and O–H groups in total. The summed E-state index contributed by atoms with van der Waals surface area (Å²) >= 11 is 0. The Kier molecular flexibility index (Phi) is 2.64. The molecule has 0 saturated heterocycles. The molecule has 0 atom stereocenters. The van der Waals surface area contributed by atoms with Crippen molar-refractivity contribution < 1.29 is 17.9 Å². The molecule has 16 heavy (non-hydrogen) atoms. The fourth-order valence-electron chi connectivity index (χ4n) is 1.18. The van der Waals surface area contributed by atoms with Gasteiger partial charge in [0.1, 0.15) is 0 Å². The van der Waals surface area contributed by atoms with Crippen LogP contribution in [0.25, 0.3) is 0 Å². The smallest absolute Gasteiger partial charge is 0.259 e. The zero-order valence-electron chi connectivity index (χ0n) is 8.29. The van der Waals surface area contributed by atoms with Gasteiger partial charge in [-0.25, -0.2) is 18.5 Å². The van der Waals surface area contributed by atoms with Crippen LogP contribution in [-0.4, -0.2) is 25.8 Å². The van der Waals surface area contributed by atoms with E-state index in [1.54, 1.807) is 0 Å². The molecule has 0 bridgehead atoms. The molecule has 1 aliphatic rings. The summed E-state index contributed by atoms with van der Waals surface area (Å²) < 4.78 is 27.7. The summed E-state index contributed by atoms with van der Waals surface area (Å²) in [5.74, 6) is 0.0506. The molecule has 1 aromatic heterocycles. The number of primary sulfonamides is 1. The first-order chi connectivity index (χ1) is 7.50. The second-order valence-corrected chi connectivity index (χ2v) is 5.03. The number of ether oxygens (including phenoxy) is 1. The van der Waals surface area contributed by atoms with Crippen LogP contribution in [0.2, 0.25) is 0 Å². The predicted molar refractivity (Wildman–Crippen MR) is 54.6 cm³/mol. The van der Waals surface area contributed by atoms with E-state index in [0.717, 1.165) is 19.0 Å². The number of sulfonamides is 1. The maximum absolute atomic E-state index is 11.2. The van der Waals surface area contributed by atoms with Gasteiger partial charge in [0, 0.05) is 11.8 Å². The Morgan fingerprint density at radius 3 is 2.69 bits per heavy atom. The first kappa shape index (κ1) is 11.0. The molecule has 1 heterocycles. The second kappa shape index (κ2) is 3.84. The van der Waals surface area contributed by atoms with Crippen LogP contribution in [0.4, 0.5) is 0 Å². The molecule has 0 aromatic carbocycles. The summed E-state index contributed by atoms with van der Waals surface area (Å²) in [6.45, 7) is 0. The third-order valence-corrected chi connectivity index (χ3v) is 2.91. The van der Waals surface area contributed by atoms with Gasteiger partial charge < -0.3 is 4.74 Å². The lowest BCUT2D eigenvalue weighted by Crippen LogP contribution is -2.16. The van der Waals surface area contributed by atoms with E-state index >= 15 is 0 Å². The molecule has 0 amide bonds. The topological polar surface area (TPSA) is 99.4 Å². The number of hydrogen-bond donors (Lipinski definition) is 1. The van der Waals surface area contributed by atoms with E-state index < -0.39 is 10.0 Å². The van der Waals surface area contributed by atoms with Crippen LogP contribution in [0.15, 0.2) is 17.3 Å². The van der Waals surface area contributed by atoms with Crippen molar-refractivity contribution >= 4 is 16.3 Å². The number of aldehydes is 1. The van der Waals surface area contributed by atoms with Gasteiger partial charge in [-0.1, -0.05) is 0 Å². The Hall–Kier alpha value is -1.47. The lowest BCUT2D eigenvalue weighted by molar-refractivity contribution is 0.112. The fraction of sp³-hybridized carbons (Fsp3) is 0.333. The van der Waals surface area contributed by atoms with Crippen molar-refractivity contribution in [3.63, 3.8) is 0 Å². The molecule has 6 nitrogen and oxygen atoms in total. The van der Waals surface area contributed by atoms with Gasteiger partial charge in [0.25, 0.3) is 10.0 Å². The molecule has 1 fully saturated rings. The molecule has 1 aliphatic carbocycles. The summed E-state index contributed by atoms with van der Waals surface area (Å²) in [7, 11) is -3.93. The highest BCUT2D eigenvalue weighted by Crippen LogP contribution is 2.30. The molecule has 0 aliphatic heterocycles. The molecule has 7 heteroatoms. The van der Waals surface area contributed by atoms with Crippen LogP contribution in [0.3, 0.4) is 0 Å². The summed E-state index contributed by atoms with van der Waals surface area (Å²) in [5.41, 5.74) is 0.253. The van der Waals surface area contributed by atoms with E-state index in [-0.39, 0.29) is 22.4 Å². The van der Waals surface area contributed by atoms with Crippen molar-refractivity contribution in [1.29, 1.82) is 0 Å². The number of rotatable bonds is 4. The fourth-order valence-corrected chi connectivity index (χ4v) is 1.76. The van der Waals surface area contributed by atoms with Crippen molar-refractivity contribution in [2.75, 3.05) is 0 Å². The van der Waals surface area contributed by atoms with Gasteiger partial charge in [-0.05, 0) is 18.9 Å². The standard InChI is InChI=1S/C9H10N2O4S/c10-16(13,14)9-8(15-7-1-2-7)3-6(5-12)4-11-9/h3-5,7H,1-2H2,(H2,10,13,14). The molecule has 2 rings (SSSR count). The highest BCUT2D eigenvalue weighted by molar-refractivity contribution is 7.89. The van der Waals surface area contributed by atoms with Gasteiger partial charge in [0.05, 0.1) is 6.10 Å². The van der Waals surface area contributed by atoms with Gasteiger partial charge in [-0.15, -0.1) is 0 Å². The van der Waals surface area contributed by atoms with Gasteiger partial charge in [-0.2, -0.15) is 0 Å². The average Bonchev–Trinajstić information content (AvgIpc) is 3.00. The minimum atomic E-state index is -3.93. The van der Waals surface area contributed by atoms with E-state index in [4.69, 9.17) is 9.88 Å². The maximum Gasteiger partial charge on any atom is 0.259 e. The largest absolute Gasteiger partial charge is 0.487 e. The molecular weight excluding hydrogens is 232 g/mol. The van der Waals surface area contributed by atoms with Crippen LogP contribution in [-0.2, 0) is 10.0 Å². The van der Waals surface area contributed by atoms with E-state index in [0.29, 0.717) is 6.29 Å². The number of nitrogens with two attached hydrogens (primary N) is 1. The third kappa shape index (κ3) is 2.37. The number of hydrogen-bond acceptors (Lipinski definition) is 5. The predicted octanol–water partition coefficient (Wildman–Crippen LogP) is 0.0827. The highest BCUT2D eigenvalue weighted by atomic mass is 32.2. The first-order valence-corrected chi connectivity index (χ1v) is 6.20. The van der Waals surface area contributed by atoms with Gasteiger partial charge in [0.2, 0.25) is 5.03 Å². The van der Waals surface area contributed by atoms with Gasteiger partial charge >= 0.3 is 0 Å². The van der Waals surface area contributed by atoms with E-state index in [1.165, 1.54) is 6.07 Å². The van der Waals surface area contributed by atoms with Crippen molar-refractivity contribution in [3.8, 4) is 5.75 Å². The Balaban J connectivity index is 2.45. The molecular formula is C9H10N2O4S. The van der Waals surface area contributed by atoms with E-state index in [9.17, 15) is 13.2 Å². The van der Waals surface area contributed by atoms with Gasteiger partial charge in [0.15, 0.2) is 12.0 Å². The van der Waals surface area contributed by atoms with Crippen molar-refractivity contribution in [2.24, 2.45) is 5.14 Å². The second-order valence-electron chi connectivity index (χ2n) is 3.55. The van der Waals surface area contributed by atoms with Crippen LogP contribution in [0, 0.1) is 0 Å². The number of carbonyl (C=O) groups excluding carboxylic acids is 1. The number of carbonyl (C=O) groups is 1. The summed E-state index contributed by atoms with van der Waals surface area (Å²) in [6.07, 6.45) is 3.46. The number of pyridine rings is 1. The Bertz CT molecular complexity index is 522. The van der Waals surface area contributed by atoms with Crippen LogP contribution < -0.4 is 9.88 Å². The first-order valence-electron chi connectivity index (χ1n) is 4.65. The zero-order valence-corrected chi connectivity index (χ0v) is 9.11. The normalized spacial score (nSPS) is 15.8. The number of aromatic nitrogens is 1. The van der Waals surface area contributed by atoms with Crippen molar-refractivity contribution in [1.82, 2.24) is 4.98 Å². The molecule has 0 radical (unpaired) electrons. The minimum Gasteiger partial charge on any atom is -0.487 e. The molecule has 1 aromatic rings. The quantitative estimate of drug-likeness (QED) is 0.754. The zero-order chi connectivity index (χ0) is 11.8. The van der Waals surface area contributed by atoms with Crippen molar-refractivity contribution in [3.05, 3.63) is 17.8 Å². The van der Waals surface area contributed by atoms with Gasteiger partial charge in [-0.3, -0.25) is 4.79 Å². The lowest BCUT2D eigenvalue weighted by Gasteiger charge is -2.08. The van der Waals surface area contributed by atoms with E-state index in [1.807, 2.05) is 0 Å². The Morgan fingerprint density at radius 1 is 1.50 bits per heavy atom. The highest BCUT2D eigenvalue weighted by Gasteiger charge is 2.27. The van der Waals surface area contributed by atoms with Crippen LogP contribution in [0.5, 0.6) is 5.75 Å². The van der Waals surface area contributed by atoms with Crippen molar-refractivity contribution in [2.45, 2.75) is 24.0 Å². The lowest BCUT2D eigenvalue weighted by atomic mass is 10.3. The average molecular weight is 242 g/mol. The molecule has 86 valence electrons. The van der Waals surface area contributed by atoms with Crippen LogP contribution >= 0.6 is 0 Å². The maximum atomic E-state index is 11.2. The Morgan fingerprint density at radius 2 is 2.19 bits per heavy atom. The summed E-state index contributed by atoms with van der Waals surface area (Å²) in [5, 5.41) is 4.66.